The van der Waals surface area contributed by atoms with Gasteiger partial charge in [-0.05, 0) is 12.1 Å². The number of rotatable bonds is 8. The van der Waals surface area contributed by atoms with Gasteiger partial charge in [0.25, 0.3) is 5.91 Å². The second kappa shape index (κ2) is 10.9. The number of nitrogens with two attached hydrogens (primary N) is 1. The number of methoxy groups -OCH3 is 3. The van der Waals surface area contributed by atoms with E-state index in [1.54, 1.807) is 37.4 Å². The molecule has 0 bridgehead atoms. The zero-order valence-corrected chi connectivity index (χ0v) is 20.0. The SMILES string of the molecule is COCC1CN(c2cnc(N)cc2OC)CCN1C(=O)c1cc(OC)c(Oc2ccccc2)cn1. The summed E-state index contributed by atoms with van der Waals surface area (Å²) in [6, 6.07) is 12.4. The number of para-hydroxylation sites is 1. The molecule has 3 heterocycles. The van der Waals surface area contributed by atoms with Gasteiger partial charge in [-0.3, -0.25) is 4.79 Å². The highest BCUT2D eigenvalue weighted by atomic mass is 16.5. The van der Waals surface area contributed by atoms with Crippen molar-refractivity contribution in [3.63, 3.8) is 0 Å². The molecule has 2 aromatic heterocycles. The molecule has 1 saturated heterocycles. The summed E-state index contributed by atoms with van der Waals surface area (Å²) in [5.74, 6) is 2.30. The summed E-state index contributed by atoms with van der Waals surface area (Å²) >= 11 is 0. The van der Waals surface area contributed by atoms with Gasteiger partial charge in [-0.25, -0.2) is 9.97 Å². The molecule has 4 rings (SSSR count). The van der Waals surface area contributed by atoms with Gasteiger partial charge in [0, 0.05) is 38.9 Å². The Labute approximate surface area is 204 Å². The summed E-state index contributed by atoms with van der Waals surface area (Å²) in [5, 5.41) is 0. The molecule has 0 spiro atoms. The van der Waals surface area contributed by atoms with E-state index in [-0.39, 0.29) is 17.6 Å². The van der Waals surface area contributed by atoms with Crippen molar-refractivity contribution < 1.29 is 23.7 Å². The third-order valence-corrected chi connectivity index (χ3v) is 5.77. The van der Waals surface area contributed by atoms with Crippen LogP contribution in [0.1, 0.15) is 10.5 Å². The van der Waals surface area contributed by atoms with E-state index in [0.717, 1.165) is 5.69 Å². The number of hydrogen-bond donors (Lipinski definition) is 1. The van der Waals surface area contributed by atoms with Crippen LogP contribution in [0.25, 0.3) is 0 Å². The van der Waals surface area contributed by atoms with E-state index in [4.69, 9.17) is 24.7 Å². The first kappa shape index (κ1) is 24.1. The van der Waals surface area contributed by atoms with Crippen molar-refractivity contribution in [1.82, 2.24) is 14.9 Å². The number of aromatic nitrogens is 2. The number of amides is 1. The van der Waals surface area contributed by atoms with Crippen LogP contribution in [-0.4, -0.2) is 74.4 Å². The summed E-state index contributed by atoms with van der Waals surface area (Å²) in [6.45, 7) is 1.94. The van der Waals surface area contributed by atoms with Gasteiger partial charge < -0.3 is 34.5 Å². The van der Waals surface area contributed by atoms with Crippen molar-refractivity contribution in [3.8, 4) is 23.0 Å². The van der Waals surface area contributed by atoms with Gasteiger partial charge in [0.1, 0.15) is 23.0 Å². The van der Waals surface area contributed by atoms with Gasteiger partial charge in [0.15, 0.2) is 11.5 Å². The summed E-state index contributed by atoms with van der Waals surface area (Å²) in [4.78, 5) is 25.9. The number of nitrogens with zero attached hydrogens (tertiary/aromatic N) is 4. The molecule has 1 aliphatic heterocycles. The number of carbonyl (C=O) groups excluding carboxylic acids is 1. The molecule has 1 atom stereocenters. The highest BCUT2D eigenvalue weighted by Gasteiger charge is 2.33. The lowest BCUT2D eigenvalue weighted by Crippen LogP contribution is -2.57. The van der Waals surface area contributed by atoms with E-state index < -0.39 is 0 Å². The maximum absolute atomic E-state index is 13.5. The largest absolute Gasteiger partial charge is 0.494 e. The number of benzene rings is 1. The monoisotopic (exact) mass is 479 g/mol. The van der Waals surface area contributed by atoms with Crippen molar-refractivity contribution in [1.29, 1.82) is 0 Å². The highest BCUT2D eigenvalue weighted by molar-refractivity contribution is 5.93. The second-order valence-corrected chi connectivity index (χ2v) is 7.97. The quantitative estimate of drug-likeness (QED) is 0.521. The number of piperazine rings is 1. The fraction of sp³-hybridized carbons (Fsp3) is 0.320. The number of ether oxygens (including phenoxy) is 4. The van der Waals surface area contributed by atoms with E-state index in [0.29, 0.717) is 55.1 Å². The van der Waals surface area contributed by atoms with Gasteiger partial charge in [-0.1, -0.05) is 18.2 Å². The van der Waals surface area contributed by atoms with Crippen LogP contribution in [0.2, 0.25) is 0 Å². The normalized spacial score (nSPS) is 15.6. The number of nitrogen functional groups attached to an aromatic ring is 1. The number of pyridine rings is 2. The van der Waals surface area contributed by atoms with Crippen LogP contribution in [-0.2, 0) is 4.74 Å². The lowest BCUT2D eigenvalue weighted by atomic mass is 10.1. The molecule has 1 amide bonds. The third-order valence-electron chi connectivity index (χ3n) is 5.77. The maximum Gasteiger partial charge on any atom is 0.273 e. The molecule has 0 radical (unpaired) electrons. The number of carbonyl (C=O) groups is 1. The fourth-order valence-electron chi connectivity index (χ4n) is 4.06. The smallest absolute Gasteiger partial charge is 0.273 e. The van der Waals surface area contributed by atoms with Crippen LogP contribution in [0, 0.1) is 0 Å². The van der Waals surface area contributed by atoms with Gasteiger partial charge in [-0.15, -0.1) is 0 Å². The molecular formula is C25H29N5O5. The predicted octanol–water partition coefficient (Wildman–Crippen LogP) is 2.85. The van der Waals surface area contributed by atoms with Crippen molar-refractivity contribution in [2.24, 2.45) is 0 Å². The molecule has 0 aliphatic carbocycles. The first-order chi connectivity index (χ1) is 17.0. The van der Waals surface area contributed by atoms with E-state index in [1.165, 1.54) is 13.3 Å². The van der Waals surface area contributed by atoms with Crippen LogP contribution in [0.15, 0.2) is 54.9 Å². The van der Waals surface area contributed by atoms with Crippen LogP contribution in [0.5, 0.6) is 23.0 Å². The molecule has 2 N–H and O–H groups in total. The molecule has 0 saturated carbocycles. The van der Waals surface area contributed by atoms with Crippen LogP contribution < -0.4 is 24.8 Å². The Balaban J connectivity index is 1.53. The molecule has 10 heteroatoms. The minimum Gasteiger partial charge on any atom is -0.494 e. The van der Waals surface area contributed by atoms with Gasteiger partial charge >= 0.3 is 0 Å². The Morgan fingerprint density at radius 3 is 2.49 bits per heavy atom. The lowest BCUT2D eigenvalue weighted by molar-refractivity contribution is 0.0494. The minimum absolute atomic E-state index is 0.210. The van der Waals surface area contributed by atoms with E-state index in [9.17, 15) is 4.79 Å². The zero-order chi connectivity index (χ0) is 24.8. The van der Waals surface area contributed by atoms with Crippen molar-refractivity contribution in [2.45, 2.75) is 6.04 Å². The Kier molecular flexibility index (Phi) is 7.51. The average molecular weight is 480 g/mol. The highest BCUT2D eigenvalue weighted by Crippen LogP contribution is 2.33. The molecule has 1 aliphatic rings. The van der Waals surface area contributed by atoms with Crippen LogP contribution >= 0.6 is 0 Å². The van der Waals surface area contributed by atoms with E-state index in [1.807, 2.05) is 30.3 Å². The summed E-state index contributed by atoms with van der Waals surface area (Å²) in [5.41, 5.74) is 6.89. The molecule has 10 nitrogen and oxygen atoms in total. The fourth-order valence-corrected chi connectivity index (χ4v) is 4.06. The molecule has 1 aromatic carbocycles. The van der Waals surface area contributed by atoms with E-state index >= 15 is 0 Å². The summed E-state index contributed by atoms with van der Waals surface area (Å²) in [6.07, 6.45) is 3.19. The van der Waals surface area contributed by atoms with Crippen LogP contribution in [0.3, 0.4) is 0 Å². The molecular weight excluding hydrogens is 450 g/mol. The molecule has 35 heavy (non-hydrogen) atoms. The Hall–Kier alpha value is -4.05. The van der Waals surface area contributed by atoms with Crippen LogP contribution in [0.4, 0.5) is 11.5 Å². The Morgan fingerprint density at radius 1 is 1.00 bits per heavy atom. The first-order valence-corrected chi connectivity index (χ1v) is 11.1. The van der Waals surface area contributed by atoms with Crippen molar-refractivity contribution >= 4 is 17.4 Å². The predicted molar refractivity (Wildman–Crippen MR) is 131 cm³/mol. The summed E-state index contributed by atoms with van der Waals surface area (Å²) < 4.78 is 22.3. The first-order valence-electron chi connectivity index (χ1n) is 11.1. The van der Waals surface area contributed by atoms with Gasteiger partial charge in [-0.2, -0.15) is 0 Å². The average Bonchev–Trinajstić information content (AvgIpc) is 2.89. The maximum atomic E-state index is 13.5. The zero-order valence-electron chi connectivity index (χ0n) is 20.0. The standard InChI is InChI=1S/C25H29N5O5/c1-32-16-17-15-29(20-13-28-24(26)12-21(20)33-2)9-10-30(17)25(31)19-11-22(34-3)23(14-27-19)35-18-7-5-4-6-8-18/h4-8,11-14,17H,9-10,15-16H2,1-3H3,(H2,26,28). The molecule has 1 unspecified atom stereocenters. The molecule has 1 fully saturated rings. The number of anilines is 2. The van der Waals surface area contributed by atoms with Crippen molar-refractivity contribution in [2.75, 3.05) is 58.2 Å². The van der Waals surface area contributed by atoms with E-state index in [2.05, 4.69) is 14.9 Å². The third kappa shape index (κ3) is 5.38. The van der Waals surface area contributed by atoms with Crippen molar-refractivity contribution in [3.05, 3.63) is 60.6 Å². The Morgan fingerprint density at radius 2 is 1.77 bits per heavy atom. The number of hydrogen-bond acceptors (Lipinski definition) is 9. The molecule has 184 valence electrons. The topological polar surface area (TPSA) is 112 Å². The van der Waals surface area contributed by atoms with Gasteiger partial charge in [0.2, 0.25) is 0 Å². The van der Waals surface area contributed by atoms with Gasteiger partial charge in [0.05, 0.1) is 44.9 Å². The minimum atomic E-state index is -0.212. The summed E-state index contributed by atoms with van der Waals surface area (Å²) in [7, 11) is 4.74. The second-order valence-electron chi connectivity index (χ2n) is 7.97. The Bertz CT molecular complexity index is 1160. The molecule has 3 aromatic rings. The lowest BCUT2D eigenvalue weighted by Gasteiger charge is -2.42.